The highest BCUT2D eigenvalue weighted by molar-refractivity contribution is 6.02. The normalized spacial score (nSPS) is 49.0. The highest BCUT2D eigenvalue weighted by Gasteiger charge is 2.70. The van der Waals surface area contributed by atoms with Gasteiger partial charge in [-0.05, 0) is 137 Å². The van der Waals surface area contributed by atoms with Gasteiger partial charge in [-0.15, -0.1) is 0 Å². The Bertz CT molecular complexity index is 1550. The number of aromatic carboxylic acids is 2. The van der Waals surface area contributed by atoms with Gasteiger partial charge in [0.15, 0.2) is 23.8 Å². The molecule has 2 spiro atoms. The van der Waals surface area contributed by atoms with Gasteiger partial charge in [-0.3, -0.25) is 0 Å². The summed E-state index contributed by atoms with van der Waals surface area (Å²) in [5.41, 5.74) is -0.0861. The third-order valence-electron chi connectivity index (χ3n) is 15.8. The topological polar surface area (TPSA) is 148 Å². The number of hydrogen-bond acceptors (Lipinski definition) is 10. The largest absolute Gasteiger partial charge is 0.478 e. The smallest absolute Gasteiger partial charge is 0.336 e. The molecule has 1 aromatic carbocycles. The minimum absolute atomic E-state index is 0.139. The molecule has 2 N–H and O–H groups in total. The van der Waals surface area contributed by atoms with E-state index in [0.29, 0.717) is 37.5 Å². The molecule has 4 bridgehead atoms. The molecule has 54 heavy (non-hydrogen) atoms. The molecule has 1 aromatic rings. The molecule has 8 saturated heterocycles. The average Bonchev–Trinajstić information content (AvgIpc) is 3.51. The van der Waals surface area contributed by atoms with Gasteiger partial charge in [-0.2, -0.15) is 0 Å². The lowest BCUT2D eigenvalue weighted by molar-refractivity contribution is -0.571. The van der Waals surface area contributed by atoms with E-state index >= 15 is 0 Å². The summed E-state index contributed by atoms with van der Waals surface area (Å²) < 4.78 is 26.9. The van der Waals surface area contributed by atoms with Gasteiger partial charge in [0.25, 0.3) is 0 Å². The number of fused-ring (bicyclic) bond motifs is 4. The van der Waals surface area contributed by atoms with E-state index in [1.54, 1.807) is 12.1 Å². The molecule has 0 unspecified atom stereocenters. The Hall–Kier alpha value is -2.16. The van der Waals surface area contributed by atoms with Crippen molar-refractivity contribution in [1.82, 2.24) is 0 Å². The van der Waals surface area contributed by atoms with E-state index in [2.05, 4.69) is 27.7 Å². The van der Waals surface area contributed by atoms with Crippen LogP contribution in [0.15, 0.2) is 12.1 Å². The molecule has 10 fully saturated rings. The second-order valence-corrected chi connectivity index (χ2v) is 18.7. The molecule has 2 aliphatic carbocycles. The number of carbonyl (C=O) groups is 2. The molecular formula is C42H58O12. The quantitative estimate of drug-likeness (QED) is 0.254. The maximum absolute atomic E-state index is 12.4. The van der Waals surface area contributed by atoms with Gasteiger partial charge in [-0.1, -0.05) is 27.7 Å². The maximum atomic E-state index is 12.4. The van der Waals surface area contributed by atoms with Crippen LogP contribution in [0.25, 0.3) is 0 Å². The Morgan fingerprint density at radius 3 is 1.41 bits per heavy atom. The van der Waals surface area contributed by atoms with Crippen molar-refractivity contribution >= 4 is 11.9 Å². The lowest BCUT2D eigenvalue weighted by atomic mass is 9.57. The highest BCUT2D eigenvalue weighted by atomic mass is 17.3. The highest BCUT2D eigenvalue weighted by Crippen LogP contribution is 2.62. The van der Waals surface area contributed by atoms with Crippen molar-refractivity contribution < 1.29 is 58.3 Å². The number of aryl methyl sites for hydroxylation is 2. The van der Waals surface area contributed by atoms with Crippen molar-refractivity contribution in [2.24, 2.45) is 47.3 Å². The van der Waals surface area contributed by atoms with Crippen LogP contribution in [0.3, 0.4) is 0 Å². The first-order valence-electron chi connectivity index (χ1n) is 20.7. The summed E-state index contributed by atoms with van der Waals surface area (Å²) in [6.45, 7) is 12.9. The average molecular weight is 755 g/mol. The number of benzene rings is 1. The van der Waals surface area contributed by atoms with Gasteiger partial charge in [0.2, 0.25) is 11.6 Å². The van der Waals surface area contributed by atoms with E-state index in [0.717, 1.165) is 62.5 Å². The summed E-state index contributed by atoms with van der Waals surface area (Å²) in [4.78, 5) is 49.6. The van der Waals surface area contributed by atoms with Crippen LogP contribution >= 0.6 is 0 Å². The predicted octanol–water partition coefficient (Wildman–Crippen LogP) is 7.45. The van der Waals surface area contributed by atoms with Crippen LogP contribution in [0, 0.1) is 47.3 Å². The molecule has 0 radical (unpaired) electrons. The van der Waals surface area contributed by atoms with Gasteiger partial charge >= 0.3 is 11.9 Å². The second-order valence-electron chi connectivity index (χ2n) is 18.7. The molecule has 2 saturated carbocycles. The van der Waals surface area contributed by atoms with E-state index in [9.17, 15) is 19.8 Å². The van der Waals surface area contributed by atoms with Gasteiger partial charge in [-0.25, -0.2) is 29.1 Å². The zero-order valence-corrected chi connectivity index (χ0v) is 32.5. The van der Waals surface area contributed by atoms with E-state index in [4.69, 9.17) is 38.5 Å². The van der Waals surface area contributed by atoms with Crippen molar-refractivity contribution in [1.29, 1.82) is 0 Å². The Labute approximate surface area is 317 Å². The Balaban J connectivity index is 0.977. The zero-order valence-electron chi connectivity index (χ0n) is 32.5. The van der Waals surface area contributed by atoms with Crippen LogP contribution in [-0.4, -0.2) is 69.7 Å². The summed E-state index contributed by atoms with van der Waals surface area (Å²) in [7, 11) is 0. The van der Waals surface area contributed by atoms with Gasteiger partial charge < -0.3 is 29.2 Å². The Morgan fingerprint density at radius 1 is 0.611 bits per heavy atom. The second kappa shape index (κ2) is 13.2. The minimum Gasteiger partial charge on any atom is -0.478 e. The summed E-state index contributed by atoms with van der Waals surface area (Å²) in [6.07, 6.45) is 8.42. The number of carboxylic acids is 2. The first-order chi connectivity index (χ1) is 25.7. The molecule has 12 nitrogen and oxygen atoms in total. The fraction of sp³-hybridized carbons (Fsp3) is 0.810. The Kier molecular flexibility index (Phi) is 9.14. The third-order valence-corrected chi connectivity index (χ3v) is 15.8. The van der Waals surface area contributed by atoms with Crippen LogP contribution in [0.5, 0.6) is 0 Å². The van der Waals surface area contributed by atoms with Crippen molar-refractivity contribution in [2.45, 2.75) is 166 Å². The molecular weight excluding hydrogens is 696 g/mol. The number of hydrogen-bond donors (Lipinski definition) is 2. The van der Waals surface area contributed by atoms with E-state index in [1.165, 1.54) is 0 Å². The molecule has 0 aromatic heterocycles. The van der Waals surface area contributed by atoms with E-state index < -0.39 is 47.3 Å². The molecule has 16 atom stereocenters. The van der Waals surface area contributed by atoms with Crippen LogP contribution in [0.2, 0.25) is 0 Å². The van der Waals surface area contributed by atoms with Crippen LogP contribution in [0.1, 0.15) is 138 Å². The molecule has 11 rings (SSSR count). The van der Waals surface area contributed by atoms with Crippen LogP contribution in [-0.2, 0) is 51.3 Å². The molecule has 12 heteroatoms. The lowest BCUT2D eigenvalue weighted by Crippen LogP contribution is -2.70. The first-order valence-corrected chi connectivity index (χ1v) is 20.7. The maximum Gasteiger partial charge on any atom is 0.336 e. The summed E-state index contributed by atoms with van der Waals surface area (Å²) in [5.74, 6) is -2.14. The summed E-state index contributed by atoms with van der Waals surface area (Å²) in [5, 5.41) is 20.3. The molecule has 8 aliphatic heterocycles. The third kappa shape index (κ3) is 5.59. The molecule has 298 valence electrons. The van der Waals surface area contributed by atoms with Crippen LogP contribution in [0.4, 0.5) is 0 Å². The van der Waals surface area contributed by atoms with Crippen molar-refractivity contribution in [3.63, 3.8) is 0 Å². The van der Waals surface area contributed by atoms with E-state index in [-0.39, 0.29) is 58.8 Å². The Morgan fingerprint density at radius 2 is 1.02 bits per heavy atom. The fourth-order valence-electron chi connectivity index (χ4n) is 12.7. The lowest BCUT2D eigenvalue weighted by Gasteiger charge is -2.60. The number of carboxylic acid groups (broad SMARTS) is 2. The molecule has 10 aliphatic rings. The summed E-state index contributed by atoms with van der Waals surface area (Å²) >= 11 is 0. The number of rotatable bonds is 8. The van der Waals surface area contributed by atoms with Gasteiger partial charge in [0.1, 0.15) is 0 Å². The fourth-order valence-corrected chi connectivity index (χ4v) is 12.7. The van der Waals surface area contributed by atoms with Gasteiger partial charge in [0.05, 0.1) is 23.3 Å². The van der Waals surface area contributed by atoms with E-state index in [1.807, 2.05) is 13.8 Å². The monoisotopic (exact) mass is 754 g/mol. The van der Waals surface area contributed by atoms with Crippen molar-refractivity contribution in [3.05, 3.63) is 34.4 Å². The first kappa shape index (κ1) is 37.4. The SMILES string of the molecule is C[C@H]1[C@@H](CCc2cc(C(=O)O)c(C(=O)O)cc2CC[C@H]2O[C@@H]3O[C@@]4(C)CC[C@H]5[C@H](C)CC[C@@H]([C@H]2C)[C@@]35OO4)O[C@@H]2O[C@@]3(C)CC[C@H]4[C@H](C)CC[C@@H]1[C@@]24OO3. The minimum atomic E-state index is -1.26. The number of ether oxygens (including phenoxy) is 4. The standard InChI is InChI=1S/C42H58O12/c1-21-7-11-31-23(3)33(47-37-41(31)29(21)15-17-39(5,49-37)51-53-41)13-9-25-19-27(35(43)44)28(36(45)46)20-26(25)10-14-34-24(4)32-12-8-22(2)30-16-18-40(6)50-38(48-34)42(30,32)54-52-40/h19-24,29-34,37-38H,7-18H2,1-6H3,(H,43,44)(H,45,46)/t21-,22-,23-,24-,29+,30+,31+,32+,33-,34-,37-,38-,39-,40-,41-,42-/m1/s1. The molecule has 0 amide bonds. The summed E-state index contributed by atoms with van der Waals surface area (Å²) in [6, 6.07) is 3.15. The predicted molar refractivity (Wildman–Crippen MR) is 191 cm³/mol. The van der Waals surface area contributed by atoms with Gasteiger partial charge in [0, 0.05) is 24.7 Å². The van der Waals surface area contributed by atoms with Crippen molar-refractivity contribution in [3.8, 4) is 0 Å². The van der Waals surface area contributed by atoms with Crippen molar-refractivity contribution in [2.75, 3.05) is 0 Å². The molecule has 8 heterocycles. The van der Waals surface area contributed by atoms with Crippen LogP contribution < -0.4 is 0 Å². The zero-order chi connectivity index (χ0) is 37.9.